The van der Waals surface area contributed by atoms with Crippen LogP contribution in [-0.2, 0) is 91.1 Å². The Balaban J connectivity index is 6.85. The first kappa shape index (κ1) is 124. The molecule has 0 aromatic carbocycles. The highest BCUT2D eigenvalue weighted by molar-refractivity contribution is 7.80. The number of primary amides is 1. The number of aliphatic hydroxyl groups is 3. The summed E-state index contributed by atoms with van der Waals surface area (Å²) in [4.78, 5) is 268. The van der Waals surface area contributed by atoms with E-state index in [0.717, 1.165) is 6.92 Å². The van der Waals surface area contributed by atoms with Gasteiger partial charge in [0.25, 0.3) is 0 Å². The van der Waals surface area contributed by atoms with Crippen molar-refractivity contribution in [3.8, 4) is 0 Å². The molecule has 0 aliphatic carbocycles. The number of aliphatic carboxylic acids is 1. The molecular weight excluding hydrogens is 1780 g/mol. The summed E-state index contributed by atoms with van der Waals surface area (Å²) in [7, 11) is 0. The van der Waals surface area contributed by atoms with Crippen LogP contribution in [0.3, 0.4) is 0 Å². The zero-order valence-corrected chi connectivity index (χ0v) is 82.4. The first-order valence-electron chi connectivity index (χ1n) is 45.8. The minimum atomic E-state index is -1.79. The number of hydrogen-bond donors (Lipinski definition) is 28. The minimum Gasteiger partial charge on any atom is -0.480 e. The number of nitrogens with two attached hydrogens (primary N) is 6. The molecule has 770 valence electrons. The maximum absolute atomic E-state index is 14.8. The molecule has 0 rings (SSSR count). The topological polar surface area (TPSA) is 791 Å². The summed E-state index contributed by atoms with van der Waals surface area (Å²) < 4.78 is 0. The normalized spacial score (nSPS) is 15.4. The van der Waals surface area contributed by atoms with Crippen LogP contribution in [0.15, 0.2) is 9.98 Å². The highest BCUT2D eigenvalue weighted by Crippen LogP contribution is 2.18. The van der Waals surface area contributed by atoms with Gasteiger partial charge in [-0.25, -0.2) is 4.79 Å². The molecule has 0 fully saturated rings. The van der Waals surface area contributed by atoms with Gasteiger partial charge in [-0.05, 0) is 152 Å². The number of aliphatic hydroxyl groups excluding tert-OH is 3. The number of carboxylic acid groups (broad SMARTS) is 1. The van der Waals surface area contributed by atoms with Crippen LogP contribution in [0.1, 0.15) is 221 Å². The molecule has 0 saturated heterocycles. The Labute approximate surface area is 795 Å². The first-order valence-corrected chi connectivity index (χ1v) is 46.4. The van der Waals surface area contributed by atoms with Crippen molar-refractivity contribution < 1.29 is 112 Å². The number of carbonyl (C=O) groups excluding carboxylic acids is 18. The number of thiol groups is 1. The predicted octanol–water partition coefficient (Wildman–Crippen LogP) is -6.65. The zero-order chi connectivity index (χ0) is 104. The molecule has 0 radical (unpaired) electrons. The fourth-order valence-corrected chi connectivity index (χ4v) is 13.8. The van der Waals surface area contributed by atoms with Gasteiger partial charge < -0.3 is 145 Å². The Morgan fingerprint density at radius 2 is 0.570 bits per heavy atom. The van der Waals surface area contributed by atoms with E-state index in [-0.39, 0.29) is 143 Å². The Bertz CT molecular complexity index is 3960. The molecule has 0 heterocycles. The number of hydrogen-bond acceptors (Lipinski definition) is 26. The molecule has 49 heteroatoms. The second kappa shape index (κ2) is 63.8. The van der Waals surface area contributed by atoms with Gasteiger partial charge in [-0.3, -0.25) is 96.3 Å². The summed E-state index contributed by atoms with van der Waals surface area (Å²) in [5, 5.41) is 84.1. The van der Waals surface area contributed by atoms with Gasteiger partial charge in [0.15, 0.2) is 11.9 Å². The van der Waals surface area contributed by atoms with Crippen LogP contribution < -0.4 is 125 Å². The molecule has 0 aliphatic heterocycles. The van der Waals surface area contributed by atoms with Crippen molar-refractivity contribution in [2.45, 2.75) is 330 Å². The molecule has 0 aromatic heterocycles. The van der Waals surface area contributed by atoms with Crippen molar-refractivity contribution in [2.75, 3.05) is 38.5 Å². The van der Waals surface area contributed by atoms with E-state index in [0.29, 0.717) is 6.42 Å². The van der Waals surface area contributed by atoms with E-state index in [1.165, 1.54) is 13.8 Å². The Hall–Kier alpha value is -11.3. The van der Waals surface area contributed by atoms with Crippen molar-refractivity contribution in [1.82, 2.24) is 90.4 Å². The van der Waals surface area contributed by atoms with Crippen LogP contribution in [0.4, 0.5) is 0 Å². The summed E-state index contributed by atoms with van der Waals surface area (Å²) in [6.45, 7) is 29.0. The summed E-state index contributed by atoms with van der Waals surface area (Å²) in [6, 6.07) is -23.2. The van der Waals surface area contributed by atoms with Gasteiger partial charge in [-0.2, -0.15) is 12.6 Å². The number of rotatable bonds is 66. The standard InChI is InChI=1S/C86H157N25O23S/c1-40(2)28-51(87)70(119)97-48(17)69(118)111-68(50(19)114)83(132)108-61(35-47(15)16)78(127)106-59(33-45(11)12)76(125)104-56(30-42(5)6)74(123)99-52(22-20-26-93-85(89)90)72(121)103-57(31-43(7)8)75(124)105-58(32-44(9)10)77(126)107-60(34-46(13)14)79(128)109-62(38-112)80(129)102-55(29-41(3)4)71(120)95-37-66(117)110-67(49(18)113)82(131)96-36-65(116)98-63(39-135)81(130)100-53(24-25-64(88)115)73(122)101-54(84(133)134)23-21-27-94-86(91)92/h40-63,67-68,112-114,135H,20-39,87H2,1-19H3,(H2,88,115)(H,95,120)(H,96,131)(H,97,119)(H,98,116)(H,99,123)(H,100,130)(H,101,122)(H,102,129)(H,103,121)(H,104,125)(H,105,124)(H,106,127)(H,107,126)(H,108,132)(H,109,128)(H,110,117)(H,111,118)(H,133,134)(H4,89,90,93)(H4,91,92,94)/t48-,49+,50+,51-,52-,53-,54-,55-,56-,57-,58-,59-,60-,61-,62-,63-,67-,68-/m0/s1. The van der Waals surface area contributed by atoms with Crippen molar-refractivity contribution in [2.24, 2.45) is 91.7 Å². The minimum absolute atomic E-state index is 0.00661. The van der Waals surface area contributed by atoms with Crippen LogP contribution in [0.2, 0.25) is 0 Å². The van der Waals surface area contributed by atoms with Gasteiger partial charge in [0.05, 0.1) is 37.9 Å². The van der Waals surface area contributed by atoms with Crippen LogP contribution >= 0.6 is 12.6 Å². The first-order chi connectivity index (χ1) is 62.7. The van der Waals surface area contributed by atoms with E-state index in [1.54, 1.807) is 96.9 Å². The maximum atomic E-state index is 14.8. The van der Waals surface area contributed by atoms with E-state index in [4.69, 9.17) is 34.4 Å². The second-order valence-electron chi connectivity index (χ2n) is 37.2. The van der Waals surface area contributed by atoms with E-state index in [2.05, 4.69) is 113 Å². The molecule has 0 unspecified atom stereocenters. The fraction of sp³-hybridized carbons (Fsp3) is 0.756. The molecule has 0 bridgehead atoms. The number of guanidine groups is 2. The predicted molar refractivity (Wildman–Crippen MR) is 504 cm³/mol. The van der Waals surface area contributed by atoms with Gasteiger partial charge in [0.1, 0.15) is 90.6 Å². The van der Waals surface area contributed by atoms with Gasteiger partial charge >= 0.3 is 5.97 Å². The maximum Gasteiger partial charge on any atom is 0.326 e. The van der Waals surface area contributed by atoms with Gasteiger partial charge in [0, 0.05) is 25.3 Å². The fourth-order valence-electron chi connectivity index (χ4n) is 13.5. The molecule has 0 aromatic rings. The number of nitrogens with zero attached hydrogens (tertiary/aromatic N) is 2. The van der Waals surface area contributed by atoms with Crippen molar-refractivity contribution in [1.29, 1.82) is 0 Å². The number of carboxylic acids is 1. The lowest BCUT2D eigenvalue weighted by Gasteiger charge is -2.30. The van der Waals surface area contributed by atoms with E-state index < -0.39 is 259 Å². The van der Waals surface area contributed by atoms with Crippen LogP contribution in [0.25, 0.3) is 0 Å². The molecule has 135 heavy (non-hydrogen) atoms. The smallest absolute Gasteiger partial charge is 0.326 e. The van der Waals surface area contributed by atoms with Crippen LogP contribution in [0, 0.1) is 47.3 Å². The molecule has 0 saturated carbocycles. The van der Waals surface area contributed by atoms with Crippen LogP contribution in [-0.4, -0.2) is 292 Å². The zero-order valence-electron chi connectivity index (χ0n) is 81.5. The number of nitrogens with one attached hydrogen (secondary N) is 17. The van der Waals surface area contributed by atoms with E-state index in [1.807, 2.05) is 13.8 Å². The molecule has 48 nitrogen and oxygen atoms in total. The quantitative estimate of drug-likeness (QED) is 0.0116. The third-order valence-electron chi connectivity index (χ3n) is 20.3. The third kappa shape index (κ3) is 51.8. The summed E-state index contributed by atoms with van der Waals surface area (Å²) in [5.74, 6) is -21.2. The van der Waals surface area contributed by atoms with E-state index >= 15 is 0 Å². The molecule has 0 spiro atoms. The van der Waals surface area contributed by atoms with Crippen molar-refractivity contribution in [3.05, 3.63) is 0 Å². The molecular formula is C86H157N25O23S. The SMILES string of the molecule is CC(C)C[C@H](NC(=O)[C@H](CO)NC(=O)[C@H](CC(C)C)NC(=O)[C@H](CC(C)C)NC(=O)[C@H](CC(C)C)NC(=O)[C@H](CCCN=C(N)N)NC(=O)[C@H](CC(C)C)NC(=O)[C@H](CC(C)C)NC(=O)[C@H](CC(C)C)NC(=O)[C@@H](NC(=O)[C@H](C)NC(=O)[C@@H](N)CC(C)C)[C@@H](C)O)C(=O)NCC(=O)N[C@H](C(=O)NCC(=O)N[C@@H](CS)C(=O)N[C@@H](CCC(N)=O)C(=O)N[C@@H](CCCN=C(N)N)C(=O)O)[C@@H](C)O. The average molecular weight is 1940 g/mol. The summed E-state index contributed by atoms with van der Waals surface area (Å²) >= 11 is 4.10. The van der Waals surface area contributed by atoms with E-state index in [9.17, 15) is 112 Å². The molecule has 0 aliphatic rings. The lowest BCUT2D eigenvalue weighted by molar-refractivity contribution is -0.142. The van der Waals surface area contributed by atoms with Crippen molar-refractivity contribution in [3.63, 3.8) is 0 Å². The second-order valence-corrected chi connectivity index (χ2v) is 37.6. The molecule has 18 amide bonds. The monoisotopic (exact) mass is 1940 g/mol. The largest absolute Gasteiger partial charge is 0.480 e. The molecule has 33 N–H and O–H groups in total. The van der Waals surface area contributed by atoms with Crippen molar-refractivity contribution >= 4 is 137 Å². The highest BCUT2D eigenvalue weighted by atomic mass is 32.1. The highest BCUT2D eigenvalue weighted by Gasteiger charge is 2.40. The van der Waals surface area contributed by atoms with Gasteiger partial charge in [-0.15, -0.1) is 0 Å². The Morgan fingerprint density at radius 3 is 0.889 bits per heavy atom. The Kier molecular flexibility index (Phi) is 58.5. The number of carbonyl (C=O) groups is 19. The van der Waals surface area contributed by atoms with Crippen LogP contribution in [0.5, 0.6) is 0 Å². The lowest BCUT2D eigenvalue weighted by Crippen LogP contribution is -2.62. The summed E-state index contributed by atoms with van der Waals surface area (Å²) in [6.07, 6.45) is -4.04. The van der Waals surface area contributed by atoms with Gasteiger partial charge in [0.2, 0.25) is 106 Å². The summed E-state index contributed by atoms with van der Waals surface area (Å²) in [5.41, 5.74) is 33.2. The molecule has 18 atom stereocenters. The Morgan fingerprint density at radius 1 is 0.296 bits per heavy atom. The number of aliphatic imine (C=N–C) groups is 2. The number of amides is 18. The third-order valence-corrected chi connectivity index (χ3v) is 20.7. The average Bonchev–Trinajstić information content (AvgIpc) is 0.848. The van der Waals surface area contributed by atoms with Gasteiger partial charge in [-0.1, -0.05) is 111 Å². The lowest BCUT2D eigenvalue weighted by atomic mass is 9.98.